The fourth-order valence-electron chi connectivity index (χ4n) is 3.71. The van der Waals surface area contributed by atoms with Crippen molar-refractivity contribution in [1.82, 2.24) is 4.90 Å². The van der Waals surface area contributed by atoms with Crippen molar-refractivity contribution in [2.45, 2.75) is 44.6 Å². The zero-order chi connectivity index (χ0) is 12.0. The van der Waals surface area contributed by atoms with Crippen LogP contribution in [0.4, 0.5) is 0 Å². The van der Waals surface area contributed by atoms with Crippen LogP contribution >= 0.6 is 0 Å². The first kappa shape index (κ1) is 11.2. The molecule has 3 aliphatic rings. The number of carbonyl (C=O) groups is 2. The molecule has 17 heavy (non-hydrogen) atoms. The van der Waals surface area contributed by atoms with E-state index in [0.29, 0.717) is 12.5 Å². The Morgan fingerprint density at radius 3 is 2.24 bits per heavy atom. The standard InChI is InChI=1S/C13H19NO3/c15-9-5-4-8(6-9)7-14-12(16)10-2-1-3-11(10)13(14)17/h8-11,15H,1-7H2. The summed E-state index contributed by atoms with van der Waals surface area (Å²) < 4.78 is 0. The normalized spacial score (nSPS) is 41.4. The van der Waals surface area contributed by atoms with Crippen molar-refractivity contribution in [3.8, 4) is 0 Å². The molecular weight excluding hydrogens is 218 g/mol. The molecule has 4 unspecified atom stereocenters. The van der Waals surface area contributed by atoms with Crippen molar-refractivity contribution in [1.29, 1.82) is 0 Å². The number of fused-ring (bicyclic) bond motifs is 1. The van der Waals surface area contributed by atoms with Crippen LogP contribution in [0.15, 0.2) is 0 Å². The minimum absolute atomic E-state index is 0.0196. The van der Waals surface area contributed by atoms with Gasteiger partial charge in [0.1, 0.15) is 0 Å². The van der Waals surface area contributed by atoms with Gasteiger partial charge in [-0.25, -0.2) is 0 Å². The van der Waals surface area contributed by atoms with Crippen molar-refractivity contribution in [2.75, 3.05) is 6.54 Å². The predicted octanol–water partition coefficient (Wildman–Crippen LogP) is 0.932. The van der Waals surface area contributed by atoms with Crippen LogP contribution < -0.4 is 0 Å². The van der Waals surface area contributed by atoms with E-state index < -0.39 is 0 Å². The SMILES string of the molecule is O=C1C2CCCC2C(=O)N1CC1CCC(O)C1. The highest BCUT2D eigenvalue weighted by molar-refractivity contribution is 6.05. The zero-order valence-corrected chi connectivity index (χ0v) is 9.97. The van der Waals surface area contributed by atoms with Gasteiger partial charge in [-0.1, -0.05) is 6.42 Å². The van der Waals surface area contributed by atoms with E-state index in [-0.39, 0.29) is 29.8 Å². The summed E-state index contributed by atoms with van der Waals surface area (Å²) in [6, 6.07) is 0. The Bertz CT molecular complexity index is 333. The molecule has 94 valence electrons. The minimum atomic E-state index is -0.229. The third-order valence-corrected chi connectivity index (χ3v) is 4.64. The molecule has 4 atom stereocenters. The lowest BCUT2D eigenvalue weighted by Crippen LogP contribution is -2.35. The van der Waals surface area contributed by atoms with E-state index in [1.54, 1.807) is 0 Å². The summed E-state index contributed by atoms with van der Waals surface area (Å²) >= 11 is 0. The highest BCUT2D eigenvalue weighted by Gasteiger charge is 2.50. The molecule has 0 aromatic rings. The first-order valence-electron chi connectivity index (χ1n) is 6.70. The number of nitrogens with zero attached hydrogens (tertiary/aromatic N) is 1. The van der Waals surface area contributed by atoms with Gasteiger partial charge in [0.2, 0.25) is 11.8 Å². The molecule has 2 amide bonds. The Morgan fingerprint density at radius 1 is 1.06 bits per heavy atom. The van der Waals surface area contributed by atoms with Crippen LogP contribution in [0.5, 0.6) is 0 Å². The lowest BCUT2D eigenvalue weighted by atomic mass is 10.00. The van der Waals surface area contributed by atoms with Crippen LogP contribution in [0.25, 0.3) is 0 Å². The number of likely N-dealkylation sites (tertiary alicyclic amines) is 1. The van der Waals surface area contributed by atoms with Crippen LogP contribution in [0.3, 0.4) is 0 Å². The van der Waals surface area contributed by atoms with E-state index in [2.05, 4.69) is 0 Å². The van der Waals surface area contributed by atoms with Crippen LogP contribution in [-0.4, -0.2) is 34.5 Å². The van der Waals surface area contributed by atoms with E-state index in [9.17, 15) is 14.7 Å². The van der Waals surface area contributed by atoms with Crippen LogP contribution in [0.1, 0.15) is 38.5 Å². The van der Waals surface area contributed by atoms with E-state index in [4.69, 9.17) is 0 Å². The molecule has 0 aromatic carbocycles. The molecule has 1 heterocycles. The second-order valence-corrected chi connectivity index (χ2v) is 5.76. The summed E-state index contributed by atoms with van der Waals surface area (Å²) in [5, 5.41) is 9.48. The molecule has 0 spiro atoms. The van der Waals surface area contributed by atoms with E-state index in [0.717, 1.165) is 38.5 Å². The van der Waals surface area contributed by atoms with Crippen molar-refractivity contribution >= 4 is 11.8 Å². The summed E-state index contributed by atoms with van der Waals surface area (Å²) in [6.45, 7) is 0.543. The van der Waals surface area contributed by atoms with Crippen molar-refractivity contribution in [3.63, 3.8) is 0 Å². The largest absolute Gasteiger partial charge is 0.393 e. The smallest absolute Gasteiger partial charge is 0.233 e. The molecule has 2 aliphatic carbocycles. The van der Waals surface area contributed by atoms with E-state index in [1.165, 1.54) is 4.90 Å². The zero-order valence-electron chi connectivity index (χ0n) is 9.97. The summed E-state index contributed by atoms with van der Waals surface area (Å²) in [5.74, 6) is 0.386. The monoisotopic (exact) mass is 237 g/mol. The molecule has 0 bridgehead atoms. The maximum Gasteiger partial charge on any atom is 0.233 e. The lowest BCUT2D eigenvalue weighted by Gasteiger charge is -2.19. The third-order valence-electron chi connectivity index (χ3n) is 4.64. The summed E-state index contributed by atoms with van der Waals surface area (Å²) in [5.41, 5.74) is 0. The van der Waals surface area contributed by atoms with Crippen LogP contribution in [0, 0.1) is 17.8 Å². The fraction of sp³-hybridized carbons (Fsp3) is 0.846. The summed E-state index contributed by atoms with van der Waals surface area (Å²) in [6.07, 6.45) is 5.06. The van der Waals surface area contributed by atoms with Gasteiger partial charge >= 0.3 is 0 Å². The number of rotatable bonds is 2. The number of aliphatic hydroxyl groups excluding tert-OH is 1. The number of aliphatic hydroxyl groups is 1. The summed E-state index contributed by atoms with van der Waals surface area (Å²) in [7, 11) is 0. The quantitative estimate of drug-likeness (QED) is 0.727. The lowest BCUT2D eigenvalue weighted by molar-refractivity contribution is -0.141. The van der Waals surface area contributed by atoms with Crippen LogP contribution in [-0.2, 0) is 9.59 Å². The molecule has 1 N–H and O–H groups in total. The first-order chi connectivity index (χ1) is 8.16. The predicted molar refractivity (Wildman–Crippen MR) is 60.9 cm³/mol. The number of hydrogen-bond acceptors (Lipinski definition) is 3. The fourth-order valence-corrected chi connectivity index (χ4v) is 3.71. The van der Waals surface area contributed by atoms with E-state index in [1.807, 2.05) is 0 Å². The molecule has 0 aromatic heterocycles. The Labute approximate surface area is 101 Å². The van der Waals surface area contributed by atoms with E-state index >= 15 is 0 Å². The topological polar surface area (TPSA) is 57.6 Å². The minimum Gasteiger partial charge on any atom is -0.393 e. The Morgan fingerprint density at radius 2 is 1.71 bits per heavy atom. The molecule has 4 nitrogen and oxygen atoms in total. The molecule has 0 radical (unpaired) electrons. The van der Waals surface area contributed by atoms with Gasteiger partial charge in [-0.2, -0.15) is 0 Å². The van der Waals surface area contributed by atoms with Gasteiger partial charge in [0.15, 0.2) is 0 Å². The third kappa shape index (κ3) is 1.79. The average molecular weight is 237 g/mol. The molecular formula is C13H19NO3. The highest BCUT2D eigenvalue weighted by Crippen LogP contribution is 2.40. The molecule has 2 saturated carbocycles. The maximum atomic E-state index is 12.1. The number of amides is 2. The Kier molecular flexibility index (Phi) is 2.69. The molecule has 1 saturated heterocycles. The van der Waals surface area contributed by atoms with Crippen molar-refractivity contribution in [2.24, 2.45) is 17.8 Å². The molecule has 1 aliphatic heterocycles. The van der Waals surface area contributed by atoms with Gasteiger partial charge in [-0.15, -0.1) is 0 Å². The number of carbonyl (C=O) groups excluding carboxylic acids is 2. The second kappa shape index (κ2) is 4.09. The molecule has 3 rings (SSSR count). The molecule has 4 heteroatoms. The van der Waals surface area contributed by atoms with Gasteiger partial charge in [-0.3, -0.25) is 14.5 Å². The second-order valence-electron chi connectivity index (χ2n) is 5.76. The van der Waals surface area contributed by atoms with Gasteiger partial charge in [0.05, 0.1) is 17.9 Å². The Hall–Kier alpha value is -0.900. The maximum absolute atomic E-state index is 12.1. The number of hydrogen-bond donors (Lipinski definition) is 1. The van der Waals surface area contributed by atoms with Gasteiger partial charge in [0.25, 0.3) is 0 Å². The van der Waals surface area contributed by atoms with Crippen molar-refractivity contribution < 1.29 is 14.7 Å². The average Bonchev–Trinajstić information content (AvgIpc) is 2.96. The number of imide groups is 1. The van der Waals surface area contributed by atoms with Crippen molar-refractivity contribution in [3.05, 3.63) is 0 Å². The first-order valence-corrected chi connectivity index (χ1v) is 6.70. The Balaban J connectivity index is 1.68. The van der Waals surface area contributed by atoms with Gasteiger partial charge < -0.3 is 5.11 Å². The van der Waals surface area contributed by atoms with Crippen LogP contribution in [0.2, 0.25) is 0 Å². The van der Waals surface area contributed by atoms with Gasteiger partial charge in [0, 0.05) is 6.54 Å². The highest BCUT2D eigenvalue weighted by atomic mass is 16.3. The van der Waals surface area contributed by atoms with Gasteiger partial charge in [-0.05, 0) is 38.0 Å². The summed E-state index contributed by atoms with van der Waals surface area (Å²) in [4.78, 5) is 25.7. The molecule has 3 fully saturated rings.